The molecule has 3 heteroatoms. The van der Waals surface area contributed by atoms with Gasteiger partial charge in [-0.2, -0.15) is 0 Å². The molecule has 0 bridgehead atoms. The van der Waals surface area contributed by atoms with Gasteiger partial charge in [-0.25, -0.2) is 4.98 Å². The summed E-state index contributed by atoms with van der Waals surface area (Å²) in [6.45, 7) is 10.5. The molecule has 0 radical (unpaired) electrons. The first-order valence-corrected chi connectivity index (χ1v) is 11.8. The predicted octanol–water partition coefficient (Wildman–Crippen LogP) is 8.02. The average molecular weight is 415 g/mol. The van der Waals surface area contributed by atoms with E-state index in [0.29, 0.717) is 8.58 Å². The zero-order chi connectivity index (χ0) is 21.3. The van der Waals surface area contributed by atoms with Crippen molar-refractivity contribution in [2.24, 2.45) is 0 Å². The van der Waals surface area contributed by atoms with Crippen LogP contribution in [0.1, 0.15) is 61.1 Å². The molecule has 2 aromatic heterocycles. The van der Waals surface area contributed by atoms with Gasteiger partial charge >= 0.3 is 0 Å². The fraction of sp³-hybridized carbons (Fsp3) is 0.259. The molecule has 0 saturated heterocycles. The highest BCUT2D eigenvalue weighted by Gasteiger charge is 2.10. The lowest BCUT2D eigenvalue weighted by atomic mass is 9.96. The van der Waals surface area contributed by atoms with Gasteiger partial charge in [0, 0.05) is 17.8 Å². The molecule has 0 amide bonds. The highest BCUT2D eigenvalue weighted by molar-refractivity contribution is 7.53. The molecular formula is C27H31N2P. The van der Waals surface area contributed by atoms with Crippen LogP contribution in [0.4, 0.5) is 0 Å². The van der Waals surface area contributed by atoms with Crippen molar-refractivity contribution >= 4 is 36.9 Å². The van der Waals surface area contributed by atoms with Gasteiger partial charge in [-0.3, -0.25) is 4.98 Å². The topological polar surface area (TPSA) is 25.8 Å². The number of aryl methyl sites for hydroxylation is 2. The Hall–Kier alpha value is -2.57. The second kappa shape index (κ2) is 11.0. The van der Waals surface area contributed by atoms with Crippen molar-refractivity contribution < 1.29 is 0 Å². The molecule has 1 atom stereocenters. The monoisotopic (exact) mass is 414 g/mol. The molecule has 3 rings (SSSR count). The molecule has 0 fully saturated rings. The van der Waals surface area contributed by atoms with Crippen LogP contribution in [0.2, 0.25) is 0 Å². The van der Waals surface area contributed by atoms with Crippen LogP contribution in [0.5, 0.6) is 0 Å². The normalized spacial score (nSPS) is 12.4. The van der Waals surface area contributed by atoms with E-state index in [1.54, 1.807) is 6.20 Å². The van der Waals surface area contributed by atoms with Crippen LogP contribution in [-0.2, 0) is 6.42 Å². The second-order valence-electron chi connectivity index (χ2n) is 7.52. The highest BCUT2D eigenvalue weighted by Crippen LogP contribution is 2.35. The second-order valence-corrected chi connectivity index (χ2v) is 8.76. The van der Waals surface area contributed by atoms with Crippen LogP contribution < -0.4 is 0 Å². The molecule has 2 heterocycles. The third-order valence-corrected chi connectivity index (χ3v) is 6.37. The van der Waals surface area contributed by atoms with Crippen molar-refractivity contribution in [1.82, 2.24) is 9.97 Å². The number of aromatic nitrogens is 2. The number of allylic oxidation sites excluding steroid dienone is 1. The van der Waals surface area contributed by atoms with E-state index in [4.69, 9.17) is 4.98 Å². The minimum absolute atomic E-state index is 0.549. The summed E-state index contributed by atoms with van der Waals surface area (Å²) in [5, 5.41) is 2.45. The van der Waals surface area contributed by atoms with Crippen LogP contribution >= 0.6 is 8.58 Å². The standard InChI is InChI=1S/C27H31N2P/c1-5-8-9-12-22-17-24-23(14-13-21-11-10-15-28-19-21)18-26(27(6-2)30-7-3)29-25(24)16-20(22)4/h6-7,10-11,13-19,30H,3,5,8-9,12H2,1-2,4H3/b14-13+,27-6-. The van der Waals surface area contributed by atoms with Crippen LogP contribution in [0, 0.1) is 6.92 Å². The maximum Gasteiger partial charge on any atom is 0.0718 e. The van der Waals surface area contributed by atoms with E-state index < -0.39 is 0 Å². The summed E-state index contributed by atoms with van der Waals surface area (Å²) in [5.41, 5.74) is 7.15. The quantitative estimate of drug-likeness (QED) is 0.262. The molecule has 0 aliphatic carbocycles. The van der Waals surface area contributed by atoms with Gasteiger partial charge in [-0.05, 0) is 78.5 Å². The third-order valence-electron chi connectivity index (χ3n) is 5.31. The molecule has 0 N–H and O–H groups in total. The number of unbranched alkanes of at least 4 members (excludes halogenated alkanes) is 2. The van der Waals surface area contributed by atoms with Crippen molar-refractivity contribution in [2.45, 2.75) is 46.5 Å². The first kappa shape index (κ1) is 22.1. The van der Waals surface area contributed by atoms with Gasteiger partial charge < -0.3 is 0 Å². The van der Waals surface area contributed by atoms with Crippen molar-refractivity contribution in [3.8, 4) is 0 Å². The minimum atomic E-state index is 0.549. The van der Waals surface area contributed by atoms with E-state index in [-0.39, 0.29) is 0 Å². The Bertz CT molecular complexity index is 1070. The maximum absolute atomic E-state index is 5.02. The Balaban J connectivity index is 2.12. The van der Waals surface area contributed by atoms with E-state index in [1.807, 2.05) is 18.1 Å². The maximum atomic E-state index is 5.02. The molecule has 0 spiro atoms. The molecule has 1 aromatic carbocycles. The molecule has 0 saturated carbocycles. The third kappa shape index (κ3) is 5.52. The predicted molar refractivity (Wildman–Crippen MR) is 135 cm³/mol. The summed E-state index contributed by atoms with van der Waals surface area (Å²) in [7, 11) is 0.549. The summed E-state index contributed by atoms with van der Waals surface area (Å²) in [5.74, 6) is 1.97. The molecule has 3 aromatic rings. The lowest BCUT2D eigenvalue weighted by Gasteiger charge is -2.13. The van der Waals surface area contributed by atoms with Crippen LogP contribution in [0.3, 0.4) is 0 Å². The Morgan fingerprint density at radius 3 is 2.73 bits per heavy atom. The lowest BCUT2D eigenvalue weighted by molar-refractivity contribution is 0.716. The van der Waals surface area contributed by atoms with E-state index >= 15 is 0 Å². The molecule has 1 unspecified atom stereocenters. The smallest absolute Gasteiger partial charge is 0.0718 e. The number of nitrogens with zero attached hydrogens (tertiary/aromatic N) is 2. The van der Waals surface area contributed by atoms with E-state index in [0.717, 1.165) is 23.2 Å². The molecule has 0 aliphatic heterocycles. The van der Waals surface area contributed by atoms with Gasteiger partial charge in [0.2, 0.25) is 0 Å². The zero-order valence-electron chi connectivity index (χ0n) is 18.3. The molecule has 0 aliphatic rings. The highest BCUT2D eigenvalue weighted by atomic mass is 31.1. The van der Waals surface area contributed by atoms with Crippen molar-refractivity contribution in [3.63, 3.8) is 0 Å². The van der Waals surface area contributed by atoms with Gasteiger partial charge in [-0.1, -0.05) is 65.0 Å². The van der Waals surface area contributed by atoms with Crippen LogP contribution in [0.15, 0.2) is 61.2 Å². The van der Waals surface area contributed by atoms with Gasteiger partial charge in [-0.15, -0.1) is 0 Å². The summed E-state index contributed by atoms with van der Waals surface area (Å²) in [4.78, 5) is 9.25. The average Bonchev–Trinajstić information content (AvgIpc) is 2.77. The lowest BCUT2D eigenvalue weighted by Crippen LogP contribution is -1.96. The first-order chi connectivity index (χ1) is 14.7. The fourth-order valence-electron chi connectivity index (χ4n) is 3.63. The SMILES string of the molecule is C=CP/C(=C\C)c1cc(/C=C/c2cccnc2)c2cc(CCCCC)c(C)cc2n1. The number of rotatable bonds is 9. The molecule has 2 nitrogen and oxygen atoms in total. The summed E-state index contributed by atoms with van der Waals surface area (Å²) in [6.07, 6.45) is 15.0. The van der Waals surface area contributed by atoms with Crippen molar-refractivity contribution in [2.75, 3.05) is 0 Å². The Kier molecular flexibility index (Phi) is 8.11. The van der Waals surface area contributed by atoms with E-state index in [9.17, 15) is 0 Å². The molecule has 30 heavy (non-hydrogen) atoms. The summed E-state index contributed by atoms with van der Waals surface area (Å²) < 4.78 is 0. The van der Waals surface area contributed by atoms with Crippen LogP contribution in [0.25, 0.3) is 28.4 Å². The van der Waals surface area contributed by atoms with Crippen molar-refractivity contribution in [3.05, 3.63) is 89.1 Å². The summed E-state index contributed by atoms with van der Waals surface area (Å²) >= 11 is 0. The number of hydrogen-bond donors (Lipinski definition) is 0. The van der Waals surface area contributed by atoms with E-state index in [2.05, 4.69) is 74.8 Å². The number of fused-ring (bicyclic) bond motifs is 1. The number of pyridine rings is 2. The minimum Gasteiger partial charge on any atom is -0.264 e. The zero-order valence-corrected chi connectivity index (χ0v) is 19.3. The van der Waals surface area contributed by atoms with Gasteiger partial charge in [0.25, 0.3) is 0 Å². The number of hydrogen-bond acceptors (Lipinski definition) is 2. The van der Waals surface area contributed by atoms with E-state index in [1.165, 1.54) is 46.7 Å². The molecule has 154 valence electrons. The number of benzene rings is 1. The van der Waals surface area contributed by atoms with Gasteiger partial charge in [0.15, 0.2) is 0 Å². The van der Waals surface area contributed by atoms with Crippen molar-refractivity contribution in [1.29, 1.82) is 0 Å². The van der Waals surface area contributed by atoms with Crippen LogP contribution in [-0.4, -0.2) is 9.97 Å². The fourth-order valence-corrected chi connectivity index (χ4v) is 4.30. The largest absolute Gasteiger partial charge is 0.264 e. The molecular weight excluding hydrogens is 383 g/mol. The first-order valence-electron chi connectivity index (χ1n) is 10.7. The van der Waals surface area contributed by atoms with Gasteiger partial charge in [0.05, 0.1) is 11.2 Å². The Morgan fingerprint density at radius 1 is 1.17 bits per heavy atom. The Labute approximate surface area is 182 Å². The Morgan fingerprint density at radius 2 is 2.03 bits per heavy atom. The summed E-state index contributed by atoms with van der Waals surface area (Å²) in [6, 6.07) is 10.9. The van der Waals surface area contributed by atoms with Gasteiger partial charge in [0.1, 0.15) is 0 Å².